The fraction of sp³-hybridized carbons (Fsp3) is 0.526. The summed E-state index contributed by atoms with van der Waals surface area (Å²) in [6, 6.07) is 0.334. The third-order valence-corrected chi connectivity index (χ3v) is 5.60. The number of allylic oxidation sites excluding steroid dienone is 2. The average Bonchev–Trinajstić information content (AvgIpc) is 3.10. The highest BCUT2D eigenvalue weighted by molar-refractivity contribution is 5.95. The van der Waals surface area contributed by atoms with E-state index in [2.05, 4.69) is 22.5 Å². The molecule has 6 heteroatoms. The van der Waals surface area contributed by atoms with Gasteiger partial charge in [-0.1, -0.05) is 12.2 Å². The molecular weight excluding hydrogens is 318 g/mol. The minimum atomic E-state index is -0.939. The SMILES string of the molecule is O=C(O)c1c(NC2CCC2)ncc2c1CCN(C(=O)C1CC=CC1)C2. The van der Waals surface area contributed by atoms with Gasteiger partial charge in [0.05, 0.1) is 0 Å². The molecule has 0 spiro atoms. The van der Waals surface area contributed by atoms with Crippen LogP contribution in [0.15, 0.2) is 18.3 Å². The molecule has 0 radical (unpaired) electrons. The topological polar surface area (TPSA) is 82.5 Å². The van der Waals surface area contributed by atoms with E-state index in [9.17, 15) is 14.7 Å². The van der Waals surface area contributed by atoms with Crippen LogP contribution in [0.2, 0.25) is 0 Å². The summed E-state index contributed by atoms with van der Waals surface area (Å²) in [7, 11) is 0. The number of nitrogens with one attached hydrogen (secondary N) is 1. The van der Waals surface area contributed by atoms with Crippen LogP contribution < -0.4 is 5.32 Å². The van der Waals surface area contributed by atoms with E-state index in [1.165, 1.54) is 6.42 Å². The zero-order chi connectivity index (χ0) is 17.4. The summed E-state index contributed by atoms with van der Waals surface area (Å²) in [5.74, 6) is -0.237. The van der Waals surface area contributed by atoms with Gasteiger partial charge in [0, 0.05) is 31.2 Å². The van der Waals surface area contributed by atoms with Gasteiger partial charge in [-0.3, -0.25) is 4.79 Å². The molecule has 1 aromatic heterocycles. The van der Waals surface area contributed by atoms with E-state index in [4.69, 9.17) is 0 Å². The molecule has 2 N–H and O–H groups in total. The Bertz CT molecular complexity index is 732. The number of carboxylic acids is 1. The molecule has 0 aromatic carbocycles. The summed E-state index contributed by atoms with van der Waals surface area (Å²) in [4.78, 5) is 30.7. The van der Waals surface area contributed by atoms with Gasteiger partial charge in [-0.05, 0) is 49.7 Å². The van der Waals surface area contributed by atoms with Crippen molar-refractivity contribution in [3.63, 3.8) is 0 Å². The van der Waals surface area contributed by atoms with Gasteiger partial charge in [0.25, 0.3) is 0 Å². The van der Waals surface area contributed by atoms with Gasteiger partial charge in [0.15, 0.2) is 0 Å². The van der Waals surface area contributed by atoms with Crippen LogP contribution in [0, 0.1) is 5.92 Å². The molecule has 132 valence electrons. The van der Waals surface area contributed by atoms with Crippen LogP contribution in [0.4, 0.5) is 5.82 Å². The van der Waals surface area contributed by atoms with Crippen molar-refractivity contribution >= 4 is 17.7 Å². The van der Waals surface area contributed by atoms with E-state index in [-0.39, 0.29) is 11.8 Å². The van der Waals surface area contributed by atoms with Crippen LogP contribution in [-0.4, -0.2) is 39.5 Å². The van der Waals surface area contributed by atoms with Gasteiger partial charge in [0.1, 0.15) is 11.4 Å². The molecule has 0 bridgehead atoms. The fourth-order valence-corrected chi connectivity index (χ4v) is 3.89. The quantitative estimate of drug-likeness (QED) is 0.823. The maximum atomic E-state index is 12.6. The van der Waals surface area contributed by atoms with E-state index in [0.29, 0.717) is 36.9 Å². The lowest BCUT2D eigenvalue weighted by Crippen LogP contribution is -2.40. The lowest BCUT2D eigenvalue weighted by molar-refractivity contribution is -0.136. The standard InChI is InChI=1S/C19H23N3O3/c23-18(12-4-1-2-5-12)22-9-8-15-13(11-22)10-20-17(16(15)19(24)25)21-14-6-3-7-14/h1-2,10,12,14H,3-9,11H2,(H,20,21)(H,24,25). The van der Waals surface area contributed by atoms with Gasteiger partial charge >= 0.3 is 5.97 Å². The summed E-state index contributed by atoms with van der Waals surface area (Å²) in [5.41, 5.74) is 1.99. The maximum absolute atomic E-state index is 12.6. The molecule has 0 atom stereocenters. The van der Waals surface area contributed by atoms with Crippen molar-refractivity contribution in [2.24, 2.45) is 5.92 Å². The van der Waals surface area contributed by atoms with E-state index in [1.807, 2.05) is 4.90 Å². The number of carboxylic acid groups (broad SMARTS) is 1. The van der Waals surface area contributed by atoms with Crippen LogP contribution in [0.1, 0.15) is 53.6 Å². The summed E-state index contributed by atoms with van der Waals surface area (Å²) < 4.78 is 0. The van der Waals surface area contributed by atoms with Crippen LogP contribution in [0.5, 0.6) is 0 Å². The highest BCUT2D eigenvalue weighted by atomic mass is 16.4. The van der Waals surface area contributed by atoms with E-state index in [0.717, 1.165) is 36.8 Å². The Labute approximate surface area is 146 Å². The summed E-state index contributed by atoms with van der Waals surface area (Å²) in [6.45, 7) is 1.04. The Morgan fingerprint density at radius 2 is 2.00 bits per heavy atom. The highest BCUT2D eigenvalue weighted by Crippen LogP contribution is 2.31. The highest BCUT2D eigenvalue weighted by Gasteiger charge is 2.31. The Morgan fingerprint density at radius 1 is 1.24 bits per heavy atom. The van der Waals surface area contributed by atoms with E-state index < -0.39 is 5.97 Å². The van der Waals surface area contributed by atoms with Gasteiger partial charge < -0.3 is 15.3 Å². The molecule has 1 aliphatic heterocycles. The number of carbonyl (C=O) groups is 2. The molecular formula is C19H23N3O3. The summed E-state index contributed by atoms with van der Waals surface area (Å²) in [6.07, 6.45) is 11.4. The second-order valence-electron chi connectivity index (χ2n) is 7.21. The number of hydrogen-bond donors (Lipinski definition) is 2. The molecule has 0 unspecified atom stereocenters. The van der Waals surface area contributed by atoms with Gasteiger partial charge in [-0.15, -0.1) is 0 Å². The number of pyridine rings is 1. The maximum Gasteiger partial charge on any atom is 0.339 e. The normalized spacial score (nSPS) is 20.2. The Kier molecular flexibility index (Phi) is 4.19. The Morgan fingerprint density at radius 3 is 2.64 bits per heavy atom. The minimum Gasteiger partial charge on any atom is -0.478 e. The first kappa shape index (κ1) is 16.1. The Balaban J connectivity index is 1.57. The molecule has 0 saturated heterocycles. The van der Waals surface area contributed by atoms with Crippen molar-refractivity contribution in [1.82, 2.24) is 9.88 Å². The third-order valence-electron chi connectivity index (χ3n) is 5.60. The molecule has 1 aromatic rings. The molecule has 2 aliphatic carbocycles. The van der Waals surface area contributed by atoms with Crippen LogP contribution in [-0.2, 0) is 17.8 Å². The number of aromatic nitrogens is 1. The van der Waals surface area contributed by atoms with Crippen LogP contribution in [0.3, 0.4) is 0 Å². The minimum absolute atomic E-state index is 0.0491. The van der Waals surface area contributed by atoms with Crippen molar-refractivity contribution < 1.29 is 14.7 Å². The average molecular weight is 341 g/mol. The molecule has 6 nitrogen and oxygen atoms in total. The molecule has 2 heterocycles. The number of amides is 1. The number of hydrogen-bond acceptors (Lipinski definition) is 4. The monoisotopic (exact) mass is 341 g/mol. The van der Waals surface area contributed by atoms with Gasteiger partial charge in [-0.2, -0.15) is 0 Å². The molecule has 4 rings (SSSR count). The summed E-state index contributed by atoms with van der Waals surface area (Å²) in [5, 5.41) is 13.0. The number of nitrogens with zero attached hydrogens (tertiary/aromatic N) is 2. The van der Waals surface area contributed by atoms with E-state index in [1.54, 1.807) is 6.20 Å². The second kappa shape index (κ2) is 6.50. The lowest BCUT2D eigenvalue weighted by atomic mass is 9.91. The predicted molar refractivity (Wildman–Crippen MR) is 93.4 cm³/mol. The van der Waals surface area contributed by atoms with E-state index >= 15 is 0 Å². The number of fused-ring (bicyclic) bond motifs is 1. The number of rotatable bonds is 4. The first-order chi connectivity index (χ1) is 12.1. The number of aromatic carboxylic acids is 1. The van der Waals surface area contributed by atoms with Crippen molar-refractivity contribution in [3.05, 3.63) is 35.0 Å². The zero-order valence-corrected chi connectivity index (χ0v) is 14.2. The number of anilines is 1. The van der Waals surface area contributed by atoms with Gasteiger partial charge in [-0.25, -0.2) is 9.78 Å². The number of carbonyl (C=O) groups excluding carboxylic acids is 1. The first-order valence-corrected chi connectivity index (χ1v) is 9.08. The molecule has 3 aliphatic rings. The van der Waals surface area contributed by atoms with Crippen molar-refractivity contribution in [2.75, 3.05) is 11.9 Å². The van der Waals surface area contributed by atoms with Crippen molar-refractivity contribution in [3.8, 4) is 0 Å². The van der Waals surface area contributed by atoms with Crippen LogP contribution >= 0.6 is 0 Å². The predicted octanol–water partition coefficient (Wildman–Crippen LogP) is 2.60. The molecule has 1 fully saturated rings. The summed E-state index contributed by atoms with van der Waals surface area (Å²) >= 11 is 0. The Hall–Kier alpha value is -2.37. The van der Waals surface area contributed by atoms with Crippen molar-refractivity contribution in [1.29, 1.82) is 0 Å². The fourth-order valence-electron chi connectivity index (χ4n) is 3.89. The second-order valence-corrected chi connectivity index (χ2v) is 7.21. The molecule has 1 saturated carbocycles. The largest absolute Gasteiger partial charge is 0.478 e. The smallest absolute Gasteiger partial charge is 0.339 e. The third kappa shape index (κ3) is 3.01. The molecule has 25 heavy (non-hydrogen) atoms. The van der Waals surface area contributed by atoms with Crippen molar-refractivity contribution in [2.45, 2.75) is 51.1 Å². The van der Waals surface area contributed by atoms with Crippen LogP contribution in [0.25, 0.3) is 0 Å². The van der Waals surface area contributed by atoms with Gasteiger partial charge in [0.2, 0.25) is 5.91 Å². The first-order valence-electron chi connectivity index (χ1n) is 9.08. The lowest BCUT2D eigenvalue weighted by Gasteiger charge is -2.33. The zero-order valence-electron chi connectivity index (χ0n) is 14.2. The molecule has 1 amide bonds.